The van der Waals surface area contributed by atoms with Gasteiger partial charge in [0.15, 0.2) is 0 Å². The molecule has 2 aliphatic heterocycles. The van der Waals surface area contributed by atoms with Crippen molar-refractivity contribution in [2.75, 3.05) is 46.3 Å². The molecule has 2 amide bonds. The summed E-state index contributed by atoms with van der Waals surface area (Å²) in [6.07, 6.45) is 3.00. The number of nitrogens with zero attached hydrogens (tertiary/aromatic N) is 5. The molecule has 2 saturated heterocycles. The van der Waals surface area contributed by atoms with Crippen LogP contribution in [0.3, 0.4) is 0 Å². The van der Waals surface area contributed by atoms with Crippen LogP contribution in [0.15, 0.2) is 66.7 Å². The van der Waals surface area contributed by atoms with E-state index in [1.807, 2.05) is 40.1 Å². The zero-order valence-electron chi connectivity index (χ0n) is 24.0. The second-order valence-corrected chi connectivity index (χ2v) is 12.1. The fourth-order valence-corrected chi connectivity index (χ4v) is 6.34. The lowest BCUT2D eigenvalue weighted by atomic mass is 10.0. The summed E-state index contributed by atoms with van der Waals surface area (Å²) in [4.78, 5) is 37.5. The number of hydrogen-bond acceptors (Lipinski definition) is 4. The van der Waals surface area contributed by atoms with Gasteiger partial charge in [-0.05, 0) is 73.7 Å². The Morgan fingerprint density at radius 1 is 0.810 bits per heavy atom. The summed E-state index contributed by atoms with van der Waals surface area (Å²) in [7, 11) is 2.09. The quantitative estimate of drug-likeness (QED) is 0.324. The number of likely N-dealkylation sites (tertiary alicyclic amines) is 1. The maximum atomic E-state index is 13.5. The summed E-state index contributed by atoms with van der Waals surface area (Å²) in [6.45, 7) is 5.51. The molecule has 3 fully saturated rings. The monoisotopic (exact) mass is 565 g/mol. The molecule has 0 N–H and O–H groups in total. The van der Waals surface area contributed by atoms with Gasteiger partial charge in [-0.25, -0.2) is 9.37 Å². The maximum Gasteiger partial charge on any atom is 0.254 e. The highest BCUT2D eigenvalue weighted by Crippen LogP contribution is 2.34. The fraction of sp³-hybridized carbons (Fsp3) is 0.382. The molecule has 1 aromatic heterocycles. The van der Waals surface area contributed by atoms with Gasteiger partial charge in [0.2, 0.25) is 5.91 Å². The van der Waals surface area contributed by atoms with E-state index in [2.05, 4.69) is 28.6 Å². The first-order valence-corrected chi connectivity index (χ1v) is 15.1. The van der Waals surface area contributed by atoms with Crippen LogP contribution in [0.25, 0.3) is 33.5 Å². The van der Waals surface area contributed by atoms with Crippen LogP contribution < -0.4 is 0 Å². The number of carbonyl (C=O) groups excluding carboxylic acids is 2. The highest BCUT2D eigenvalue weighted by molar-refractivity contribution is 5.98. The lowest BCUT2D eigenvalue weighted by Crippen LogP contribution is -2.47. The largest absolute Gasteiger partial charge is 0.342 e. The van der Waals surface area contributed by atoms with Crippen LogP contribution in [0.4, 0.5) is 4.39 Å². The number of halogens is 1. The molecule has 216 valence electrons. The predicted octanol–water partition coefficient (Wildman–Crippen LogP) is 5.16. The van der Waals surface area contributed by atoms with Gasteiger partial charge in [0.05, 0.1) is 11.0 Å². The van der Waals surface area contributed by atoms with Gasteiger partial charge in [0.25, 0.3) is 5.91 Å². The average molecular weight is 566 g/mol. The molecular weight excluding hydrogens is 529 g/mol. The molecule has 42 heavy (non-hydrogen) atoms. The van der Waals surface area contributed by atoms with Crippen molar-refractivity contribution in [1.29, 1.82) is 0 Å². The van der Waals surface area contributed by atoms with Crippen molar-refractivity contribution in [3.8, 4) is 22.5 Å². The molecule has 4 aromatic rings. The van der Waals surface area contributed by atoms with E-state index in [4.69, 9.17) is 4.98 Å². The third kappa shape index (κ3) is 5.31. The first-order valence-electron chi connectivity index (χ1n) is 15.1. The number of fused-ring (bicyclic) bond motifs is 1. The van der Waals surface area contributed by atoms with Crippen molar-refractivity contribution in [2.24, 2.45) is 11.8 Å². The molecule has 7 rings (SSSR count). The van der Waals surface area contributed by atoms with Crippen LogP contribution in [0.5, 0.6) is 0 Å². The van der Waals surface area contributed by atoms with Crippen molar-refractivity contribution >= 4 is 22.8 Å². The summed E-state index contributed by atoms with van der Waals surface area (Å²) in [5.74, 6) is 1.52. The number of piperazine rings is 1. The van der Waals surface area contributed by atoms with Gasteiger partial charge in [-0.15, -0.1) is 0 Å². The van der Waals surface area contributed by atoms with Gasteiger partial charge in [-0.3, -0.25) is 9.59 Å². The van der Waals surface area contributed by atoms with E-state index >= 15 is 0 Å². The minimum atomic E-state index is -0.251. The Bertz CT molecular complexity index is 1620. The Morgan fingerprint density at radius 2 is 1.48 bits per heavy atom. The highest BCUT2D eigenvalue weighted by atomic mass is 19.1. The molecule has 3 heterocycles. The Morgan fingerprint density at radius 3 is 2.17 bits per heavy atom. The number of carbonyl (C=O) groups is 2. The lowest BCUT2D eigenvalue weighted by molar-refractivity contribution is -0.131. The van der Waals surface area contributed by atoms with Crippen molar-refractivity contribution in [3.63, 3.8) is 0 Å². The SMILES string of the molecule is CN1CCN(C(=O)c2ccc3nc(-c4ccc(-c5ccc(F)cc5)cc4)n(C[C@H]4CCN(C(=O)C5CC5)C4)c3c2)CC1. The Labute approximate surface area is 245 Å². The molecule has 8 heteroatoms. The number of likely N-dealkylation sites (N-methyl/N-ethyl adjacent to an activating group) is 1. The molecule has 3 aromatic carbocycles. The number of imidazole rings is 1. The minimum absolute atomic E-state index is 0.0602. The first-order chi connectivity index (χ1) is 20.4. The van der Waals surface area contributed by atoms with Gasteiger partial charge in [0.1, 0.15) is 11.6 Å². The summed E-state index contributed by atoms with van der Waals surface area (Å²) < 4.78 is 15.7. The Hall–Kier alpha value is -4.04. The van der Waals surface area contributed by atoms with E-state index in [9.17, 15) is 14.0 Å². The molecule has 0 bridgehead atoms. The minimum Gasteiger partial charge on any atom is -0.342 e. The second-order valence-electron chi connectivity index (χ2n) is 12.1. The van der Waals surface area contributed by atoms with Crippen molar-refractivity contribution in [3.05, 3.63) is 78.1 Å². The van der Waals surface area contributed by atoms with Crippen LogP contribution in [0.2, 0.25) is 0 Å². The molecule has 0 unspecified atom stereocenters. The van der Waals surface area contributed by atoms with Gasteiger partial charge in [0, 0.05) is 62.9 Å². The molecule has 0 radical (unpaired) electrons. The number of benzene rings is 3. The predicted molar refractivity (Wildman–Crippen MR) is 161 cm³/mol. The number of amides is 2. The highest BCUT2D eigenvalue weighted by Gasteiger charge is 2.37. The smallest absolute Gasteiger partial charge is 0.254 e. The van der Waals surface area contributed by atoms with Crippen LogP contribution in [0, 0.1) is 17.7 Å². The van der Waals surface area contributed by atoms with Crippen LogP contribution in [-0.2, 0) is 11.3 Å². The van der Waals surface area contributed by atoms with Crippen molar-refractivity contribution in [2.45, 2.75) is 25.8 Å². The zero-order chi connectivity index (χ0) is 28.8. The normalized spacial score (nSPS) is 19.5. The van der Waals surface area contributed by atoms with Crippen molar-refractivity contribution < 1.29 is 14.0 Å². The molecule has 3 aliphatic rings. The Kier molecular flexibility index (Phi) is 7.02. The standard InChI is InChI=1S/C34H36FN5O2/c1-37-16-18-38(19-17-37)34(42)28-10-13-30-31(20-28)40(22-23-14-15-39(21-23)33(41)27-6-7-27)32(36-30)26-4-2-24(3-5-26)25-8-11-29(35)12-9-25/h2-5,8-13,20,23,27H,6-7,14-19,21-22H2,1H3/t23-/m0/s1. The van der Waals surface area contributed by atoms with E-state index in [0.717, 1.165) is 98.6 Å². The molecular formula is C34H36FN5O2. The van der Waals surface area contributed by atoms with Crippen LogP contribution in [0.1, 0.15) is 29.6 Å². The molecule has 1 atom stereocenters. The molecule has 1 saturated carbocycles. The third-order valence-corrected chi connectivity index (χ3v) is 9.07. The van der Waals surface area contributed by atoms with E-state index in [1.54, 1.807) is 12.1 Å². The number of rotatable bonds is 6. The number of hydrogen-bond donors (Lipinski definition) is 0. The number of aromatic nitrogens is 2. The first kappa shape index (κ1) is 26.8. The fourth-order valence-electron chi connectivity index (χ4n) is 6.34. The van der Waals surface area contributed by atoms with Gasteiger partial charge >= 0.3 is 0 Å². The summed E-state index contributed by atoms with van der Waals surface area (Å²) >= 11 is 0. The topological polar surface area (TPSA) is 61.7 Å². The molecule has 1 aliphatic carbocycles. The van der Waals surface area contributed by atoms with Crippen LogP contribution in [-0.4, -0.2) is 82.4 Å². The third-order valence-electron chi connectivity index (χ3n) is 9.07. The average Bonchev–Trinajstić information content (AvgIpc) is 3.66. The van der Waals surface area contributed by atoms with Crippen LogP contribution >= 0.6 is 0 Å². The van der Waals surface area contributed by atoms with Crippen molar-refractivity contribution in [1.82, 2.24) is 24.3 Å². The van der Waals surface area contributed by atoms with E-state index in [0.29, 0.717) is 17.4 Å². The van der Waals surface area contributed by atoms with E-state index < -0.39 is 0 Å². The van der Waals surface area contributed by atoms with E-state index in [1.165, 1.54) is 12.1 Å². The lowest BCUT2D eigenvalue weighted by Gasteiger charge is -2.32. The Balaban J connectivity index is 1.22. The molecule has 7 nitrogen and oxygen atoms in total. The van der Waals surface area contributed by atoms with Gasteiger partial charge < -0.3 is 19.3 Å². The van der Waals surface area contributed by atoms with E-state index in [-0.39, 0.29) is 17.6 Å². The van der Waals surface area contributed by atoms with Gasteiger partial charge in [-0.1, -0.05) is 36.4 Å². The summed E-state index contributed by atoms with van der Waals surface area (Å²) in [6, 6.07) is 20.6. The zero-order valence-corrected chi connectivity index (χ0v) is 24.0. The summed E-state index contributed by atoms with van der Waals surface area (Å²) in [5, 5.41) is 0. The van der Waals surface area contributed by atoms with Gasteiger partial charge in [-0.2, -0.15) is 0 Å². The second kappa shape index (κ2) is 11.0. The molecule has 0 spiro atoms. The maximum absolute atomic E-state index is 13.5. The summed E-state index contributed by atoms with van der Waals surface area (Å²) in [5.41, 5.74) is 5.42.